The number of anilines is 2. The smallest absolute Gasteiger partial charge is 0.261 e. The fourth-order valence-corrected chi connectivity index (χ4v) is 4.48. The number of nitrogens with one attached hydrogen (secondary N) is 3. The molecular weight excluding hydrogens is 404 g/mol. The Bertz CT molecular complexity index is 1260. The van der Waals surface area contributed by atoms with Gasteiger partial charge in [0.25, 0.3) is 5.56 Å². The number of fused-ring (bicyclic) bond motifs is 1. The molecule has 3 N–H and O–H groups in total. The highest BCUT2D eigenvalue weighted by Crippen LogP contribution is 2.27. The minimum absolute atomic E-state index is 0.138. The number of sulfonamides is 1. The fraction of sp³-hybridized carbons (Fsp3) is 0.350. The highest BCUT2D eigenvalue weighted by Gasteiger charge is 2.22. The molecule has 0 unspecified atom stereocenters. The summed E-state index contributed by atoms with van der Waals surface area (Å²) in [4.78, 5) is 15.2. The molecular formula is C20H24N6O3S. The molecule has 1 atom stereocenters. The first-order valence-corrected chi connectivity index (χ1v) is 10.9. The predicted octanol–water partition coefficient (Wildman–Crippen LogP) is 3.02. The van der Waals surface area contributed by atoms with Gasteiger partial charge in [0.2, 0.25) is 10.0 Å². The standard InChI is InChI=1S/C20H24N6O3S/c1-13(9-11-21)26-16-10-12-22-19(27)17(16)18(24-26)23-14-5-7-15(8-6-14)30(28,29)25-20(2,3)4/h5-8,10,12-13,25H,9H2,1-4H3,(H,22,27)(H,23,24)/t13-/m0/s1. The third-order valence-corrected chi connectivity index (χ3v) is 6.08. The zero-order valence-corrected chi connectivity index (χ0v) is 18.0. The predicted molar refractivity (Wildman–Crippen MR) is 115 cm³/mol. The Morgan fingerprint density at radius 2 is 1.90 bits per heavy atom. The molecule has 3 rings (SSSR count). The molecule has 0 bridgehead atoms. The first kappa shape index (κ1) is 21.5. The number of aromatic nitrogens is 3. The molecule has 0 aliphatic carbocycles. The van der Waals surface area contributed by atoms with Crippen LogP contribution in [0, 0.1) is 11.3 Å². The minimum Gasteiger partial charge on any atom is -0.338 e. The fourth-order valence-electron chi connectivity index (χ4n) is 3.06. The average molecular weight is 429 g/mol. The molecule has 2 heterocycles. The zero-order chi connectivity index (χ0) is 22.1. The topological polar surface area (TPSA) is 133 Å². The SMILES string of the molecule is C[C@@H](CC#N)n1nc(Nc2ccc(S(=O)(=O)NC(C)(C)C)cc2)c2c(=O)[nH]ccc21. The second-order valence-electron chi connectivity index (χ2n) is 8.08. The molecule has 0 aliphatic rings. The third kappa shape index (κ3) is 4.53. The van der Waals surface area contributed by atoms with Gasteiger partial charge < -0.3 is 10.3 Å². The van der Waals surface area contributed by atoms with Crippen molar-refractivity contribution in [3.63, 3.8) is 0 Å². The van der Waals surface area contributed by atoms with E-state index in [-0.39, 0.29) is 22.9 Å². The van der Waals surface area contributed by atoms with Crippen molar-refractivity contribution in [2.75, 3.05) is 5.32 Å². The second kappa shape index (κ2) is 7.93. The van der Waals surface area contributed by atoms with E-state index in [0.29, 0.717) is 22.4 Å². The van der Waals surface area contributed by atoms with Crippen molar-refractivity contribution in [2.45, 2.75) is 50.6 Å². The van der Waals surface area contributed by atoms with Gasteiger partial charge in [-0.15, -0.1) is 0 Å². The summed E-state index contributed by atoms with van der Waals surface area (Å²) < 4.78 is 29.2. The molecule has 10 heteroatoms. The van der Waals surface area contributed by atoms with E-state index in [4.69, 9.17) is 5.26 Å². The van der Waals surface area contributed by atoms with Crippen LogP contribution in [0.3, 0.4) is 0 Å². The maximum Gasteiger partial charge on any atom is 0.261 e. The number of rotatable bonds is 6. The number of H-pyrrole nitrogens is 1. The van der Waals surface area contributed by atoms with E-state index in [1.165, 1.54) is 18.3 Å². The van der Waals surface area contributed by atoms with Crippen LogP contribution in [-0.4, -0.2) is 28.7 Å². The van der Waals surface area contributed by atoms with E-state index >= 15 is 0 Å². The summed E-state index contributed by atoms with van der Waals surface area (Å²) in [7, 11) is -3.65. The van der Waals surface area contributed by atoms with Gasteiger partial charge in [0.1, 0.15) is 5.39 Å². The highest BCUT2D eigenvalue weighted by atomic mass is 32.2. The Labute approximate surface area is 174 Å². The Kier molecular flexibility index (Phi) is 5.70. The van der Waals surface area contributed by atoms with Crippen LogP contribution in [0.15, 0.2) is 46.2 Å². The summed E-state index contributed by atoms with van der Waals surface area (Å²) in [5.41, 5.74) is 0.284. The molecule has 0 amide bonds. The van der Waals surface area contributed by atoms with E-state index in [0.717, 1.165) is 0 Å². The maximum atomic E-state index is 12.5. The van der Waals surface area contributed by atoms with Crippen molar-refractivity contribution in [2.24, 2.45) is 0 Å². The number of aromatic amines is 1. The Morgan fingerprint density at radius 1 is 1.23 bits per heavy atom. The van der Waals surface area contributed by atoms with Crippen LogP contribution in [0.1, 0.15) is 40.2 Å². The van der Waals surface area contributed by atoms with Crippen molar-refractivity contribution in [3.8, 4) is 6.07 Å². The van der Waals surface area contributed by atoms with E-state index < -0.39 is 15.6 Å². The highest BCUT2D eigenvalue weighted by molar-refractivity contribution is 7.89. The number of benzene rings is 1. The molecule has 158 valence electrons. The van der Waals surface area contributed by atoms with Gasteiger partial charge in [-0.05, 0) is 58.0 Å². The number of pyridine rings is 1. The molecule has 2 aromatic heterocycles. The van der Waals surface area contributed by atoms with Crippen LogP contribution in [-0.2, 0) is 10.0 Å². The van der Waals surface area contributed by atoms with E-state index in [2.05, 4.69) is 26.2 Å². The van der Waals surface area contributed by atoms with Crippen molar-refractivity contribution in [1.29, 1.82) is 5.26 Å². The molecule has 9 nitrogen and oxygen atoms in total. The molecule has 0 radical (unpaired) electrons. The summed E-state index contributed by atoms with van der Waals surface area (Å²) >= 11 is 0. The number of nitriles is 1. The lowest BCUT2D eigenvalue weighted by molar-refractivity contribution is 0.491. The minimum atomic E-state index is -3.65. The van der Waals surface area contributed by atoms with Crippen LogP contribution in [0.5, 0.6) is 0 Å². The summed E-state index contributed by atoms with van der Waals surface area (Å²) in [5.74, 6) is 0.333. The second-order valence-corrected chi connectivity index (χ2v) is 9.76. The molecule has 3 aromatic rings. The zero-order valence-electron chi connectivity index (χ0n) is 17.2. The van der Waals surface area contributed by atoms with Gasteiger partial charge in [-0.3, -0.25) is 9.48 Å². The van der Waals surface area contributed by atoms with Gasteiger partial charge >= 0.3 is 0 Å². The lowest BCUT2D eigenvalue weighted by Gasteiger charge is -2.20. The van der Waals surface area contributed by atoms with Crippen molar-refractivity contribution in [3.05, 3.63) is 46.9 Å². The van der Waals surface area contributed by atoms with Crippen LogP contribution >= 0.6 is 0 Å². The van der Waals surface area contributed by atoms with Gasteiger partial charge in [-0.2, -0.15) is 10.4 Å². The lowest BCUT2D eigenvalue weighted by Crippen LogP contribution is -2.40. The van der Waals surface area contributed by atoms with Crippen LogP contribution in [0.2, 0.25) is 0 Å². The first-order valence-electron chi connectivity index (χ1n) is 9.40. The average Bonchev–Trinajstić information content (AvgIpc) is 3.00. The number of nitrogens with zero attached hydrogens (tertiary/aromatic N) is 3. The summed E-state index contributed by atoms with van der Waals surface area (Å²) in [6.07, 6.45) is 1.78. The maximum absolute atomic E-state index is 12.5. The number of hydrogen-bond acceptors (Lipinski definition) is 6. The Morgan fingerprint density at radius 3 is 2.50 bits per heavy atom. The van der Waals surface area contributed by atoms with E-state index in [1.54, 1.807) is 43.7 Å². The molecule has 30 heavy (non-hydrogen) atoms. The van der Waals surface area contributed by atoms with E-state index in [9.17, 15) is 13.2 Å². The molecule has 0 fully saturated rings. The number of hydrogen-bond donors (Lipinski definition) is 3. The largest absolute Gasteiger partial charge is 0.338 e. The van der Waals surface area contributed by atoms with Gasteiger partial charge in [-0.25, -0.2) is 13.1 Å². The quantitative estimate of drug-likeness (QED) is 0.553. The normalized spacial score (nSPS) is 13.2. The first-order chi connectivity index (χ1) is 14.0. The van der Waals surface area contributed by atoms with Crippen molar-refractivity contribution >= 4 is 32.4 Å². The Hall–Kier alpha value is -3.16. The molecule has 0 spiro atoms. The van der Waals surface area contributed by atoms with Gasteiger partial charge in [0.15, 0.2) is 5.82 Å². The molecule has 0 saturated heterocycles. The van der Waals surface area contributed by atoms with Crippen LogP contribution in [0.4, 0.5) is 11.5 Å². The van der Waals surface area contributed by atoms with Gasteiger partial charge in [0.05, 0.1) is 28.9 Å². The van der Waals surface area contributed by atoms with Crippen LogP contribution < -0.4 is 15.6 Å². The van der Waals surface area contributed by atoms with Gasteiger partial charge in [-0.1, -0.05) is 0 Å². The Balaban J connectivity index is 1.96. The monoisotopic (exact) mass is 428 g/mol. The third-order valence-electron chi connectivity index (χ3n) is 4.30. The van der Waals surface area contributed by atoms with E-state index in [1.807, 2.05) is 6.92 Å². The molecule has 0 saturated carbocycles. The molecule has 0 aliphatic heterocycles. The summed E-state index contributed by atoms with van der Waals surface area (Å²) in [6.45, 7) is 7.16. The summed E-state index contributed by atoms with van der Waals surface area (Å²) in [5, 5.41) is 16.9. The lowest BCUT2D eigenvalue weighted by atomic mass is 10.1. The van der Waals surface area contributed by atoms with Crippen molar-refractivity contribution < 1.29 is 8.42 Å². The molecule has 1 aromatic carbocycles. The summed E-state index contributed by atoms with van der Waals surface area (Å²) in [6, 6.07) is 9.81. The van der Waals surface area contributed by atoms with Crippen molar-refractivity contribution in [1.82, 2.24) is 19.5 Å². The van der Waals surface area contributed by atoms with Gasteiger partial charge in [0, 0.05) is 17.4 Å². The van der Waals surface area contributed by atoms with Crippen LogP contribution in [0.25, 0.3) is 10.9 Å².